The number of aromatic hydroxyl groups is 1. The van der Waals surface area contributed by atoms with Gasteiger partial charge in [-0.1, -0.05) is 25.5 Å². The molecule has 8 heteroatoms. The molecule has 0 aliphatic heterocycles. The summed E-state index contributed by atoms with van der Waals surface area (Å²) < 4.78 is 16.5. The molecular formula is C24H27NO7. The van der Waals surface area contributed by atoms with Crippen LogP contribution in [0.3, 0.4) is 0 Å². The minimum absolute atomic E-state index is 0.000104. The van der Waals surface area contributed by atoms with Gasteiger partial charge in [-0.05, 0) is 45.7 Å². The number of ether oxygens (including phenoxy) is 2. The molecule has 1 heterocycles. The number of carbonyl (C=O) groups is 2. The number of para-hydroxylation sites is 1. The number of phenols is 1. The van der Waals surface area contributed by atoms with Crippen LogP contribution in [-0.4, -0.2) is 28.8 Å². The van der Waals surface area contributed by atoms with Crippen molar-refractivity contribution >= 4 is 34.0 Å². The first-order valence-corrected chi connectivity index (χ1v) is 10.4. The van der Waals surface area contributed by atoms with Gasteiger partial charge < -0.3 is 24.3 Å². The molecule has 0 aliphatic rings. The fraction of sp³-hybridized carbons (Fsp3) is 0.375. The highest BCUT2D eigenvalue weighted by molar-refractivity contribution is 5.95. The number of nitrogens with one attached hydrogen (secondary N) is 1. The average Bonchev–Trinajstić information content (AvgIpc) is 2.67. The molecule has 0 saturated heterocycles. The average molecular weight is 441 g/mol. The van der Waals surface area contributed by atoms with E-state index in [1.54, 1.807) is 45.9 Å². The second-order valence-electron chi connectivity index (χ2n) is 8.61. The van der Waals surface area contributed by atoms with Crippen LogP contribution >= 0.6 is 0 Å². The molecule has 1 aromatic heterocycles. The first-order valence-electron chi connectivity index (χ1n) is 10.4. The first-order chi connectivity index (χ1) is 15.0. The number of aryl methyl sites for hydroxylation is 1. The topological polar surface area (TPSA) is 115 Å². The Balaban J connectivity index is 1.92. The highest BCUT2D eigenvalue weighted by Gasteiger charge is 2.26. The van der Waals surface area contributed by atoms with Crippen LogP contribution in [-0.2, 0) is 9.53 Å². The Kier molecular flexibility index (Phi) is 6.43. The summed E-state index contributed by atoms with van der Waals surface area (Å²) in [6.45, 7) is 8.82. The number of fused-ring (bicyclic) bond motifs is 2. The number of rotatable bonds is 5. The Morgan fingerprint density at radius 3 is 2.59 bits per heavy atom. The van der Waals surface area contributed by atoms with Crippen LogP contribution in [0.4, 0.5) is 4.79 Å². The molecule has 3 rings (SSSR count). The molecule has 0 fully saturated rings. The van der Waals surface area contributed by atoms with Crippen molar-refractivity contribution in [2.45, 2.75) is 59.1 Å². The van der Waals surface area contributed by atoms with Gasteiger partial charge in [-0.3, -0.25) is 4.79 Å². The Morgan fingerprint density at radius 2 is 1.94 bits per heavy atom. The van der Waals surface area contributed by atoms with Crippen molar-refractivity contribution in [3.63, 3.8) is 0 Å². The van der Waals surface area contributed by atoms with E-state index in [2.05, 4.69) is 5.32 Å². The minimum atomic E-state index is -0.946. The fourth-order valence-corrected chi connectivity index (χ4v) is 3.33. The van der Waals surface area contributed by atoms with Crippen molar-refractivity contribution in [3.05, 3.63) is 46.1 Å². The molecule has 0 bridgehead atoms. The molecule has 0 saturated carbocycles. The second-order valence-corrected chi connectivity index (χ2v) is 8.61. The highest BCUT2D eigenvalue weighted by Crippen LogP contribution is 2.31. The van der Waals surface area contributed by atoms with Crippen molar-refractivity contribution in [2.24, 2.45) is 0 Å². The number of hydrogen-bond acceptors (Lipinski definition) is 7. The van der Waals surface area contributed by atoms with Crippen LogP contribution < -0.4 is 15.5 Å². The summed E-state index contributed by atoms with van der Waals surface area (Å²) in [6, 6.07) is 6.76. The van der Waals surface area contributed by atoms with E-state index >= 15 is 0 Å². The largest absolute Gasteiger partial charge is 0.507 e. The van der Waals surface area contributed by atoms with Gasteiger partial charge in [-0.15, -0.1) is 0 Å². The normalized spacial score (nSPS) is 12.5. The molecule has 32 heavy (non-hydrogen) atoms. The lowest BCUT2D eigenvalue weighted by Gasteiger charge is -2.22. The lowest BCUT2D eigenvalue weighted by Crippen LogP contribution is -2.45. The monoisotopic (exact) mass is 441 g/mol. The SMILES string of the molecule is CCC[C@@H](NC(=O)OC(C)(C)C)C(=O)Oc1cc(O)c2c(=O)c3cccc(C)c3oc2c1. The lowest BCUT2D eigenvalue weighted by atomic mass is 10.1. The minimum Gasteiger partial charge on any atom is -0.507 e. The molecule has 0 unspecified atom stereocenters. The molecule has 3 aromatic rings. The third-order valence-electron chi connectivity index (χ3n) is 4.72. The van der Waals surface area contributed by atoms with Crippen LogP contribution in [0.2, 0.25) is 0 Å². The van der Waals surface area contributed by atoms with Crippen molar-refractivity contribution < 1.29 is 28.6 Å². The molecule has 2 aromatic carbocycles. The van der Waals surface area contributed by atoms with Gasteiger partial charge in [0.1, 0.15) is 39.7 Å². The van der Waals surface area contributed by atoms with Gasteiger partial charge in [0.05, 0.1) is 5.39 Å². The Hall–Kier alpha value is -3.55. The quantitative estimate of drug-likeness (QED) is 0.339. The molecule has 0 aliphatic carbocycles. The number of hydrogen-bond donors (Lipinski definition) is 2. The van der Waals surface area contributed by atoms with Crippen molar-refractivity contribution in [1.29, 1.82) is 0 Å². The highest BCUT2D eigenvalue weighted by atomic mass is 16.6. The van der Waals surface area contributed by atoms with Gasteiger partial charge in [0.2, 0.25) is 5.43 Å². The van der Waals surface area contributed by atoms with Gasteiger partial charge >= 0.3 is 12.1 Å². The number of benzene rings is 2. The van der Waals surface area contributed by atoms with E-state index < -0.39 is 23.7 Å². The molecule has 0 spiro atoms. The molecule has 170 valence electrons. The van der Waals surface area contributed by atoms with E-state index in [9.17, 15) is 19.5 Å². The van der Waals surface area contributed by atoms with Crippen molar-refractivity contribution in [1.82, 2.24) is 5.32 Å². The predicted octanol–water partition coefficient (Wildman–Crippen LogP) is 4.56. The number of alkyl carbamates (subject to hydrolysis) is 1. The third-order valence-corrected chi connectivity index (χ3v) is 4.72. The summed E-state index contributed by atoms with van der Waals surface area (Å²) in [5.41, 5.74) is 0.145. The molecule has 2 N–H and O–H groups in total. The van der Waals surface area contributed by atoms with E-state index in [0.29, 0.717) is 23.8 Å². The number of amides is 1. The number of phenolic OH excluding ortho intramolecular Hbond substituents is 1. The maximum Gasteiger partial charge on any atom is 0.408 e. The zero-order valence-electron chi connectivity index (χ0n) is 18.8. The van der Waals surface area contributed by atoms with E-state index in [4.69, 9.17) is 13.9 Å². The van der Waals surface area contributed by atoms with Gasteiger partial charge in [0.15, 0.2) is 0 Å². The summed E-state index contributed by atoms with van der Waals surface area (Å²) in [4.78, 5) is 37.6. The molecule has 8 nitrogen and oxygen atoms in total. The number of esters is 1. The van der Waals surface area contributed by atoms with Crippen LogP contribution in [0.1, 0.15) is 46.1 Å². The zero-order valence-corrected chi connectivity index (χ0v) is 18.8. The zero-order chi connectivity index (χ0) is 23.6. The molecular weight excluding hydrogens is 414 g/mol. The van der Waals surface area contributed by atoms with Crippen LogP contribution in [0.15, 0.2) is 39.5 Å². The van der Waals surface area contributed by atoms with E-state index in [1.807, 2.05) is 6.92 Å². The lowest BCUT2D eigenvalue weighted by molar-refractivity contribution is -0.137. The van der Waals surface area contributed by atoms with Gasteiger partial charge in [0.25, 0.3) is 0 Å². The van der Waals surface area contributed by atoms with Crippen LogP contribution in [0.5, 0.6) is 11.5 Å². The van der Waals surface area contributed by atoms with Gasteiger partial charge in [0, 0.05) is 12.1 Å². The predicted molar refractivity (Wildman–Crippen MR) is 120 cm³/mol. The molecule has 1 atom stereocenters. The van der Waals surface area contributed by atoms with Gasteiger partial charge in [-0.25, -0.2) is 9.59 Å². The maximum atomic E-state index is 12.8. The molecule has 1 amide bonds. The Labute approximate surface area is 185 Å². The maximum absolute atomic E-state index is 12.8. The standard InChI is InChI=1S/C24H27NO7/c1-6-8-16(25-23(29)32-24(3,4)5)22(28)30-14-11-17(26)19-18(12-14)31-21-13(2)9-7-10-15(21)20(19)27/h7,9-12,16,26H,6,8H2,1-5H3,(H,25,29)/t16-/m1/s1. The molecule has 0 radical (unpaired) electrons. The van der Waals surface area contributed by atoms with Gasteiger partial charge in [-0.2, -0.15) is 0 Å². The van der Waals surface area contributed by atoms with Crippen molar-refractivity contribution in [3.8, 4) is 11.5 Å². The second kappa shape index (κ2) is 8.90. The van der Waals surface area contributed by atoms with Crippen molar-refractivity contribution in [2.75, 3.05) is 0 Å². The summed E-state index contributed by atoms with van der Waals surface area (Å²) >= 11 is 0. The fourth-order valence-electron chi connectivity index (χ4n) is 3.33. The smallest absolute Gasteiger partial charge is 0.408 e. The van der Waals surface area contributed by atoms with E-state index in [-0.39, 0.29) is 27.9 Å². The third kappa shape index (κ3) is 5.01. The van der Waals surface area contributed by atoms with E-state index in [0.717, 1.165) is 5.56 Å². The summed E-state index contributed by atoms with van der Waals surface area (Å²) in [7, 11) is 0. The van der Waals surface area contributed by atoms with Crippen LogP contribution in [0.25, 0.3) is 21.9 Å². The Morgan fingerprint density at radius 1 is 1.22 bits per heavy atom. The summed E-state index contributed by atoms with van der Waals surface area (Å²) in [6.07, 6.45) is 0.206. The first kappa shape index (κ1) is 23.1. The van der Waals surface area contributed by atoms with E-state index in [1.165, 1.54) is 12.1 Å². The Bertz CT molecular complexity index is 1240. The summed E-state index contributed by atoms with van der Waals surface area (Å²) in [5.74, 6) is -1.10. The van der Waals surface area contributed by atoms with Crippen LogP contribution in [0, 0.1) is 6.92 Å². The number of carbonyl (C=O) groups excluding carboxylic acids is 2. The summed E-state index contributed by atoms with van der Waals surface area (Å²) in [5, 5.41) is 13.3.